The summed E-state index contributed by atoms with van der Waals surface area (Å²) in [5.41, 5.74) is 0. The SMILES string of the molecule is CCCNc1cc(N(CC(C)C)C2CCCC2)nc(C)n1. The summed E-state index contributed by atoms with van der Waals surface area (Å²) >= 11 is 0. The number of aromatic nitrogens is 2. The number of nitrogens with zero attached hydrogens (tertiary/aromatic N) is 3. The van der Waals surface area contributed by atoms with E-state index < -0.39 is 0 Å². The minimum absolute atomic E-state index is 0.646. The normalized spacial score (nSPS) is 15.7. The van der Waals surface area contributed by atoms with E-state index in [-0.39, 0.29) is 0 Å². The summed E-state index contributed by atoms with van der Waals surface area (Å²) in [4.78, 5) is 11.7. The molecule has 1 aliphatic carbocycles. The van der Waals surface area contributed by atoms with Crippen LogP contribution in [0, 0.1) is 12.8 Å². The van der Waals surface area contributed by atoms with Crippen molar-refractivity contribution in [2.24, 2.45) is 5.92 Å². The van der Waals surface area contributed by atoms with E-state index in [0.29, 0.717) is 12.0 Å². The van der Waals surface area contributed by atoms with Gasteiger partial charge < -0.3 is 10.2 Å². The average molecular weight is 290 g/mol. The Bertz CT molecular complexity index is 438. The molecule has 1 heterocycles. The Hall–Kier alpha value is -1.32. The van der Waals surface area contributed by atoms with Gasteiger partial charge in [0, 0.05) is 25.2 Å². The molecule has 0 saturated heterocycles. The van der Waals surface area contributed by atoms with Crippen molar-refractivity contribution in [2.45, 2.75) is 65.8 Å². The highest BCUT2D eigenvalue weighted by atomic mass is 15.2. The lowest BCUT2D eigenvalue weighted by Gasteiger charge is -2.32. The maximum atomic E-state index is 4.71. The van der Waals surface area contributed by atoms with Gasteiger partial charge in [-0.2, -0.15) is 0 Å². The van der Waals surface area contributed by atoms with Crippen LogP contribution in [0.4, 0.5) is 11.6 Å². The van der Waals surface area contributed by atoms with Crippen LogP contribution in [0.5, 0.6) is 0 Å². The average Bonchev–Trinajstić information content (AvgIpc) is 2.95. The van der Waals surface area contributed by atoms with E-state index in [1.165, 1.54) is 25.7 Å². The van der Waals surface area contributed by atoms with Gasteiger partial charge in [-0.05, 0) is 32.1 Å². The van der Waals surface area contributed by atoms with Crippen LogP contribution in [0.1, 0.15) is 58.7 Å². The van der Waals surface area contributed by atoms with Crippen LogP contribution in [0.3, 0.4) is 0 Å². The van der Waals surface area contributed by atoms with Crippen LogP contribution < -0.4 is 10.2 Å². The van der Waals surface area contributed by atoms with Gasteiger partial charge in [0.15, 0.2) is 0 Å². The molecule has 0 amide bonds. The van der Waals surface area contributed by atoms with Gasteiger partial charge in [0.05, 0.1) is 0 Å². The molecule has 1 fully saturated rings. The summed E-state index contributed by atoms with van der Waals surface area (Å²) in [5.74, 6) is 3.57. The van der Waals surface area contributed by atoms with E-state index in [0.717, 1.165) is 37.0 Å². The van der Waals surface area contributed by atoms with Gasteiger partial charge >= 0.3 is 0 Å². The van der Waals surface area contributed by atoms with Crippen LogP contribution >= 0.6 is 0 Å². The van der Waals surface area contributed by atoms with Crippen molar-refractivity contribution in [3.8, 4) is 0 Å². The zero-order chi connectivity index (χ0) is 15.2. The van der Waals surface area contributed by atoms with E-state index in [2.05, 4.69) is 42.0 Å². The monoisotopic (exact) mass is 290 g/mol. The molecule has 4 nitrogen and oxygen atoms in total. The van der Waals surface area contributed by atoms with Gasteiger partial charge in [-0.1, -0.05) is 33.6 Å². The van der Waals surface area contributed by atoms with Crippen molar-refractivity contribution in [3.63, 3.8) is 0 Å². The van der Waals surface area contributed by atoms with E-state index >= 15 is 0 Å². The smallest absolute Gasteiger partial charge is 0.134 e. The molecule has 1 aromatic rings. The predicted molar refractivity (Wildman–Crippen MR) is 90.0 cm³/mol. The molecular weight excluding hydrogens is 260 g/mol. The van der Waals surface area contributed by atoms with E-state index in [4.69, 9.17) is 4.98 Å². The highest BCUT2D eigenvalue weighted by Gasteiger charge is 2.24. The molecule has 21 heavy (non-hydrogen) atoms. The quantitative estimate of drug-likeness (QED) is 0.823. The largest absolute Gasteiger partial charge is 0.370 e. The van der Waals surface area contributed by atoms with Gasteiger partial charge in [-0.3, -0.25) is 0 Å². The fourth-order valence-electron chi connectivity index (χ4n) is 3.08. The van der Waals surface area contributed by atoms with Crippen LogP contribution in [0.15, 0.2) is 6.07 Å². The number of hydrogen-bond acceptors (Lipinski definition) is 4. The topological polar surface area (TPSA) is 41.0 Å². The number of rotatable bonds is 7. The first-order valence-electron chi connectivity index (χ1n) is 8.46. The van der Waals surface area contributed by atoms with E-state index in [1.807, 2.05) is 6.92 Å². The van der Waals surface area contributed by atoms with Gasteiger partial charge in [0.1, 0.15) is 17.5 Å². The van der Waals surface area contributed by atoms with Crippen molar-refractivity contribution in [1.29, 1.82) is 0 Å². The fraction of sp³-hybridized carbons (Fsp3) is 0.765. The standard InChI is InChI=1S/C17H30N4/c1-5-10-18-16-11-17(20-14(4)19-16)21(12-13(2)3)15-8-6-7-9-15/h11,13,15H,5-10,12H2,1-4H3,(H,18,19,20). The number of anilines is 2. The number of hydrogen-bond donors (Lipinski definition) is 1. The van der Waals surface area contributed by atoms with Crippen LogP contribution in [0.2, 0.25) is 0 Å². The lowest BCUT2D eigenvalue weighted by Crippen LogP contribution is -2.37. The Labute approximate surface area is 129 Å². The highest BCUT2D eigenvalue weighted by Crippen LogP contribution is 2.29. The minimum Gasteiger partial charge on any atom is -0.370 e. The molecule has 0 bridgehead atoms. The van der Waals surface area contributed by atoms with Crippen molar-refractivity contribution in [1.82, 2.24) is 9.97 Å². The first-order chi connectivity index (χ1) is 10.1. The van der Waals surface area contributed by atoms with Crippen LogP contribution in [-0.4, -0.2) is 29.1 Å². The highest BCUT2D eigenvalue weighted by molar-refractivity contribution is 5.50. The molecule has 1 saturated carbocycles. The van der Waals surface area contributed by atoms with Gasteiger partial charge in [-0.15, -0.1) is 0 Å². The molecule has 0 atom stereocenters. The molecule has 2 rings (SSSR count). The zero-order valence-electron chi connectivity index (χ0n) is 14.0. The number of aryl methyl sites for hydroxylation is 1. The first kappa shape index (κ1) is 16.1. The van der Waals surface area contributed by atoms with Crippen molar-refractivity contribution in [2.75, 3.05) is 23.3 Å². The lowest BCUT2D eigenvalue weighted by atomic mass is 10.1. The summed E-state index contributed by atoms with van der Waals surface area (Å²) in [6, 6.07) is 2.78. The Morgan fingerprint density at radius 1 is 1.29 bits per heavy atom. The second-order valence-electron chi connectivity index (χ2n) is 6.57. The summed E-state index contributed by atoms with van der Waals surface area (Å²) in [7, 11) is 0. The van der Waals surface area contributed by atoms with Crippen LogP contribution in [0.25, 0.3) is 0 Å². The molecular formula is C17H30N4. The van der Waals surface area contributed by atoms with E-state index in [9.17, 15) is 0 Å². The minimum atomic E-state index is 0.646. The molecule has 1 aliphatic rings. The molecule has 0 aromatic carbocycles. The van der Waals surface area contributed by atoms with E-state index in [1.54, 1.807) is 0 Å². The second kappa shape index (κ2) is 7.62. The molecule has 0 unspecified atom stereocenters. The molecule has 4 heteroatoms. The maximum Gasteiger partial charge on any atom is 0.134 e. The third-order valence-electron chi connectivity index (χ3n) is 4.00. The van der Waals surface area contributed by atoms with Crippen molar-refractivity contribution in [3.05, 3.63) is 11.9 Å². The zero-order valence-corrected chi connectivity index (χ0v) is 14.0. The molecule has 0 spiro atoms. The molecule has 0 aliphatic heterocycles. The first-order valence-corrected chi connectivity index (χ1v) is 8.46. The summed E-state index contributed by atoms with van der Waals surface area (Å²) in [6.07, 6.45) is 6.41. The summed E-state index contributed by atoms with van der Waals surface area (Å²) < 4.78 is 0. The van der Waals surface area contributed by atoms with Gasteiger partial charge in [-0.25, -0.2) is 9.97 Å². The van der Waals surface area contributed by atoms with Crippen LogP contribution in [-0.2, 0) is 0 Å². The summed E-state index contributed by atoms with van der Waals surface area (Å²) in [5, 5.41) is 3.40. The Morgan fingerprint density at radius 3 is 2.62 bits per heavy atom. The lowest BCUT2D eigenvalue weighted by molar-refractivity contribution is 0.530. The van der Waals surface area contributed by atoms with Gasteiger partial charge in [0.2, 0.25) is 0 Å². The fourth-order valence-corrected chi connectivity index (χ4v) is 3.08. The maximum absolute atomic E-state index is 4.71. The Balaban J connectivity index is 2.22. The molecule has 0 radical (unpaired) electrons. The van der Waals surface area contributed by atoms with Crippen molar-refractivity contribution >= 4 is 11.6 Å². The Morgan fingerprint density at radius 2 is 2.00 bits per heavy atom. The number of nitrogens with one attached hydrogen (secondary N) is 1. The predicted octanol–water partition coefficient (Wildman–Crippen LogP) is 4.01. The van der Waals surface area contributed by atoms with Gasteiger partial charge in [0.25, 0.3) is 0 Å². The third kappa shape index (κ3) is 4.58. The second-order valence-corrected chi connectivity index (χ2v) is 6.57. The molecule has 118 valence electrons. The third-order valence-corrected chi connectivity index (χ3v) is 4.00. The van der Waals surface area contributed by atoms with Crippen molar-refractivity contribution < 1.29 is 0 Å². The molecule has 1 N–H and O–H groups in total. The summed E-state index contributed by atoms with van der Waals surface area (Å²) in [6.45, 7) is 10.8. The molecule has 1 aromatic heterocycles. The Kier molecular flexibility index (Phi) is 5.83.